The summed E-state index contributed by atoms with van der Waals surface area (Å²) in [4.78, 5) is 16.6. The molecule has 1 fully saturated rings. The normalized spacial score (nSPS) is 18.7. The number of nitrogens with one attached hydrogen (secondary N) is 2. The predicted molar refractivity (Wildman–Crippen MR) is 105 cm³/mol. The number of hydrogen-bond donors (Lipinski definition) is 2. The Bertz CT molecular complexity index is 539. The molecule has 2 amide bonds. The highest BCUT2D eigenvalue weighted by Crippen LogP contribution is 2.24. The van der Waals surface area contributed by atoms with Gasteiger partial charge in [0.15, 0.2) is 0 Å². The van der Waals surface area contributed by atoms with Crippen LogP contribution in [0.15, 0.2) is 24.3 Å². The van der Waals surface area contributed by atoms with Gasteiger partial charge in [-0.2, -0.15) is 0 Å². The van der Waals surface area contributed by atoms with Crippen LogP contribution in [0.1, 0.15) is 20.3 Å². The van der Waals surface area contributed by atoms with Crippen molar-refractivity contribution in [3.05, 3.63) is 29.3 Å². The van der Waals surface area contributed by atoms with Gasteiger partial charge in [-0.1, -0.05) is 25.4 Å². The van der Waals surface area contributed by atoms with Gasteiger partial charge in [0, 0.05) is 42.9 Å². The van der Waals surface area contributed by atoms with Crippen LogP contribution in [0.3, 0.4) is 0 Å². The Morgan fingerprint density at radius 1 is 1.28 bits per heavy atom. The van der Waals surface area contributed by atoms with E-state index in [1.807, 2.05) is 26.2 Å². The summed E-state index contributed by atoms with van der Waals surface area (Å²) in [5, 5.41) is 6.78. The van der Waals surface area contributed by atoms with Crippen molar-refractivity contribution in [2.75, 3.05) is 45.2 Å². The minimum atomic E-state index is -0.0718. The third-order valence-electron chi connectivity index (χ3n) is 4.93. The van der Waals surface area contributed by atoms with Crippen LogP contribution in [-0.4, -0.2) is 57.2 Å². The lowest BCUT2D eigenvalue weighted by Crippen LogP contribution is -2.47. The molecule has 2 rings (SSSR count). The maximum atomic E-state index is 12.1. The van der Waals surface area contributed by atoms with Gasteiger partial charge in [0.1, 0.15) is 0 Å². The topological polar surface area (TPSA) is 47.6 Å². The minimum absolute atomic E-state index is 0.0718. The van der Waals surface area contributed by atoms with Crippen molar-refractivity contribution in [1.82, 2.24) is 15.5 Å². The molecule has 0 bridgehead atoms. The Hall–Kier alpha value is -1.46. The summed E-state index contributed by atoms with van der Waals surface area (Å²) in [6.45, 7) is 7.71. The number of hydrogen-bond acceptors (Lipinski definition) is 3. The molecule has 1 aromatic carbocycles. The number of likely N-dealkylation sites (N-methyl/N-ethyl adjacent to an activating group) is 1. The number of benzene rings is 1. The first-order chi connectivity index (χ1) is 11.9. The highest BCUT2D eigenvalue weighted by molar-refractivity contribution is 6.30. The molecular formula is C19H31ClN4O. The van der Waals surface area contributed by atoms with Gasteiger partial charge < -0.3 is 20.4 Å². The number of rotatable bonds is 7. The molecule has 1 aliphatic heterocycles. The van der Waals surface area contributed by atoms with Crippen LogP contribution in [0.5, 0.6) is 0 Å². The first-order valence-electron chi connectivity index (χ1n) is 9.05. The number of carbonyl (C=O) groups excluding carboxylic acids is 1. The van der Waals surface area contributed by atoms with Crippen molar-refractivity contribution in [1.29, 1.82) is 0 Å². The van der Waals surface area contributed by atoms with Crippen LogP contribution in [0, 0.1) is 11.8 Å². The number of halogens is 1. The van der Waals surface area contributed by atoms with E-state index in [1.165, 1.54) is 5.69 Å². The van der Waals surface area contributed by atoms with Crippen molar-refractivity contribution in [2.24, 2.45) is 11.8 Å². The van der Waals surface area contributed by atoms with Crippen molar-refractivity contribution < 1.29 is 4.79 Å². The lowest BCUT2D eigenvalue weighted by molar-refractivity contribution is 0.212. The molecule has 1 aliphatic rings. The molecule has 0 aromatic heterocycles. The number of amides is 2. The van der Waals surface area contributed by atoms with E-state index in [4.69, 9.17) is 11.6 Å². The summed E-state index contributed by atoms with van der Waals surface area (Å²) in [6.07, 6.45) is 1.09. The summed E-state index contributed by atoms with van der Waals surface area (Å²) < 4.78 is 0. The van der Waals surface area contributed by atoms with Gasteiger partial charge in [-0.15, -0.1) is 0 Å². The lowest BCUT2D eigenvalue weighted by Gasteiger charge is -2.28. The quantitative estimate of drug-likeness (QED) is 0.779. The zero-order valence-corrected chi connectivity index (χ0v) is 16.5. The second-order valence-electron chi connectivity index (χ2n) is 7.44. The fourth-order valence-electron chi connectivity index (χ4n) is 3.40. The van der Waals surface area contributed by atoms with E-state index >= 15 is 0 Å². The third-order valence-corrected chi connectivity index (χ3v) is 5.19. The molecule has 5 nitrogen and oxygen atoms in total. The number of urea groups is 1. The van der Waals surface area contributed by atoms with Crippen molar-refractivity contribution >= 4 is 23.3 Å². The number of carbonyl (C=O) groups is 1. The van der Waals surface area contributed by atoms with E-state index in [1.54, 1.807) is 0 Å². The zero-order valence-electron chi connectivity index (χ0n) is 15.8. The predicted octanol–water partition coefficient (Wildman–Crippen LogP) is 3.05. The van der Waals surface area contributed by atoms with Crippen LogP contribution < -0.4 is 15.5 Å². The van der Waals surface area contributed by atoms with Crippen molar-refractivity contribution in [2.45, 2.75) is 26.3 Å². The Labute approximate surface area is 156 Å². The summed E-state index contributed by atoms with van der Waals surface area (Å²) in [5.41, 5.74) is 1.20. The largest absolute Gasteiger partial charge is 0.371 e. The van der Waals surface area contributed by atoms with Crippen LogP contribution >= 0.6 is 11.6 Å². The highest BCUT2D eigenvalue weighted by Gasteiger charge is 2.23. The second-order valence-corrected chi connectivity index (χ2v) is 7.88. The summed E-state index contributed by atoms with van der Waals surface area (Å²) >= 11 is 5.95. The van der Waals surface area contributed by atoms with Gasteiger partial charge in [-0.05, 0) is 56.6 Å². The SMILES string of the molecule is CC(C)C(CNC(=O)NCC1CCN(c2ccc(Cl)cc2)C1)N(C)C. The van der Waals surface area contributed by atoms with Gasteiger partial charge in [-0.3, -0.25) is 0 Å². The first kappa shape index (κ1) is 19.9. The van der Waals surface area contributed by atoms with E-state index in [2.05, 4.69) is 46.4 Å². The average Bonchev–Trinajstić information content (AvgIpc) is 3.02. The Kier molecular flexibility index (Phi) is 7.38. The molecule has 0 saturated carbocycles. The Morgan fingerprint density at radius 3 is 2.56 bits per heavy atom. The van der Waals surface area contributed by atoms with E-state index in [-0.39, 0.29) is 6.03 Å². The van der Waals surface area contributed by atoms with Crippen molar-refractivity contribution in [3.63, 3.8) is 0 Å². The van der Waals surface area contributed by atoms with E-state index in [0.29, 0.717) is 31.0 Å². The van der Waals surface area contributed by atoms with Gasteiger partial charge in [-0.25, -0.2) is 4.79 Å². The molecule has 1 saturated heterocycles. The molecule has 1 aromatic rings. The molecular weight excluding hydrogens is 336 g/mol. The maximum absolute atomic E-state index is 12.1. The van der Waals surface area contributed by atoms with Gasteiger partial charge in [0.25, 0.3) is 0 Å². The number of anilines is 1. The third kappa shape index (κ3) is 6.08. The summed E-state index contributed by atoms with van der Waals surface area (Å²) in [7, 11) is 4.10. The van der Waals surface area contributed by atoms with Gasteiger partial charge >= 0.3 is 6.03 Å². The summed E-state index contributed by atoms with van der Waals surface area (Å²) in [6, 6.07) is 8.23. The van der Waals surface area contributed by atoms with E-state index in [0.717, 1.165) is 24.5 Å². The zero-order chi connectivity index (χ0) is 18.4. The highest BCUT2D eigenvalue weighted by atomic mass is 35.5. The first-order valence-corrected chi connectivity index (χ1v) is 9.43. The maximum Gasteiger partial charge on any atom is 0.314 e. The molecule has 2 atom stereocenters. The van der Waals surface area contributed by atoms with Crippen LogP contribution in [-0.2, 0) is 0 Å². The Balaban J connectivity index is 1.71. The number of nitrogens with zero attached hydrogens (tertiary/aromatic N) is 2. The lowest BCUT2D eigenvalue weighted by atomic mass is 10.0. The molecule has 6 heteroatoms. The molecule has 1 heterocycles. The molecule has 25 heavy (non-hydrogen) atoms. The average molecular weight is 367 g/mol. The van der Waals surface area contributed by atoms with Crippen LogP contribution in [0.2, 0.25) is 5.02 Å². The molecule has 2 unspecified atom stereocenters. The minimum Gasteiger partial charge on any atom is -0.371 e. The van der Waals surface area contributed by atoms with Crippen molar-refractivity contribution in [3.8, 4) is 0 Å². The fraction of sp³-hybridized carbons (Fsp3) is 0.632. The van der Waals surface area contributed by atoms with E-state index < -0.39 is 0 Å². The smallest absolute Gasteiger partial charge is 0.314 e. The molecule has 0 aliphatic carbocycles. The molecule has 2 N–H and O–H groups in total. The summed E-state index contributed by atoms with van der Waals surface area (Å²) in [5.74, 6) is 0.981. The van der Waals surface area contributed by atoms with Crippen LogP contribution in [0.25, 0.3) is 0 Å². The van der Waals surface area contributed by atoms with Gasteiger partial charge in [0.05, 0.1) is 0 Å². The second kappa shape index (κ2) is 9.30. The Morgan fingerprint density at radius 2 is 1.96 bits per heavy atom. The van der Waals surface area contributed by atoms with E-state index in [9.17, 15) is 4.79 Å². The molecule has 0 spiro atoms. The van der Waals surface area contributed by atoms with Gasteiger partial charge in [0.2, 0.25) is 0 Å². The van der Waals surface area contributed by atoms with Crippen LogP contribution in [0.4, 0.5) is 10.5 Å². The molecule has 0 radical (unpaired) electrons. The standard InChI is InChI=1S/C19H31ClN4O/c1-14(2)18(23(3)4)12-22-19(25)21-11-15-9-10-24(13-15)17-7-5-16(20)6-8-17/h5-8,14-15,18H,9-13H2,1-4H3,(H2,21,22,25). The molecule has 140 valence electrons. The fourth-order valence-corrected chi connectivity index (χ4v) is 3.52. The monoisotopic (exact) mass is 366 g/mol.